The highest BCUT2D eigenvalue weighted by Gasteiger charge is 2.15. The molecule has 2 N–H and O–H groups in total. The molecule has 25 heavy (non-hydrogen) atoms. The van der Waals surface area contributed by atoms with Crippen LogP contribution >= 0.6 is 11.8 Å². The highest BCUT2D eigenvalue weighted by molar-refractivity contribution is 7.98. The zero-order valence-electron chi connectivity index (χ0n) is 15.5. The third-order valence-corrected chi connectivity index (χ3v) is 4.73. The van der Waals surface area contributed by atoms with Gasteiger partial charge < -0.3 is 10.6 Å². The Balaban J connectivity index is 2.12. The van der Waals surface area contributed by atoms with E-state index in [4.69, 9.17) is 0 Å². The molecule has 0 aliphatic carbocycles. The standard InChI is InChI=1S/C17H28N6OS/c1-5-8-18-14-13-11-20-23(15(13)22-17(21-14)25-4)10-9-19-16(24)12(6-2)7-3/h11-12H,5-10H2,1-4H3,(H,19,24)(H,18,21,22). The third kappa shape index (κ3) is 4.84. The van der Waals surface area contributed by atoms with Gasteiger partial charge >= 0.3 is 0 Å². The molecule has 7 nitrogen and oxygen atoms in total. The summed E-state index contributed by atoms with van der Waals surface area (Å²) in [6, 6.07) is 0. The number of carbonyl (C=O) groups excluding carboxylic acids is 1. The first kappa shape index (κ1) is 19.5. The number of thioether (sulfide) groups is 1. The molecule has 0 aliphatic heterocycles. The average Bonchev–Trinajstić information content (AvgIpc) is 3.03. The van der Waals surface area contributed by atoms with Crippen LogP contribution in [0.4, 0.5) is 5.82 Å². The zero-order chi connectivity index (χ0) is 18.2. The first-order valence-corrected chi connectivity index (χ1v) is 10.2. The SMILES string of the molecule is CCCNc1nc(SC)nc2c1cnn2CCNC(=O)C(CC)CC. The van der Waals surface area contributed by atoms with Crippen molar-refractivity contribution in [2.45, 2.75) is 51.7 Å². The molecule has 2 aromatic heterocycles. The van der Waals surface area contributed by atoms with Gasteiger partial charge in [0.05, 0.1) is 18.1 Å². The zero-order valence-corrected chi connectivity index (χ0v) is 16.3. The maximum atomic E-state index is 12.1. The second kappa shape index (κ2) is 9.60. The molecule has 0 aromatic carbocycles. The number of anilines is 1. The van der Waals surface area contributed by atoms with Gasteiger partial charge in [0.15, 0.2) is 10.8 Å². The van der Waals surface area contributed by atoms with Gasteiger partial charge in [-0.1, -0.05) is 32.5 Å². The number of carbonyl (C=O) groups is 1. The summed E-state index contributed by atoms with van der Waals surface area (Å²) < 4.78 is 1.83. The van der Waals surface area contributed by atoms with E-state index in [-0.39, 0.29) is 11.8 Å². The van der Waals surface area contributed by atoms with E-state index < -0.39 is 0 Å². The van der Waals surface area contributed by atoms with Crippen molar-refractivity contribution in [3.63, 3.8) is 0 Å². The Morgan fingerprint density at radius 1 is 1.24 bits per heavy atom. The average molecular weight is 365 g/mol. The summed E-state index contributed by atoms with van der Waals surface area (Å²) in [6.07, 6.45) is 6.51. The van der Waals surface area contributed by atoms with E-state index in [1.165, 1.54) is 11.8 Å². The summed E-state index contributed by atoms with van der Waals surface area (Å²) in [4.78, 5) is 21.2. The van der Waals surface area contributed by atoms with Crippen LogP contribution in [-0.2, 0) is 11.3 Å². The second-order valence-electron chi connectivity index (χ2n) is 5.90. The van der Waals surface area contributed by atoms with E-state index in [1.54, 1.807) is 6.20 Å². The number of fused-ring (bicyclic) bond motifs is 1. The van der Waals surface area contributed by atoms with Crippen LogP contribution in [0.5, 0.6) is 0 Å². The number of rotatable bonds is 10. The van der Waals surface area contributed by atoms with Gasteiger partial charge in [-0.05, 0) is 25.5 Å². The third-order valence-electron chi connectivity index (χ3n) is 4.18. The predicted molar refractivity (Wildman–Crippen MR) is 103 cm³/mol. The van der Waals surface area contributed by atoms with Crippen molar-refractivity contribution in [3.8, 4) is 0 Å². The van der Waals surface area contributed by atoms with Gasteiger partial charge in [-0.3, -0.25) is 4.79 Å². The van der Waals surface area contributed by atoms with Gasteiger partial charge in [0.2, 0.25) is 5.91 Å². The van der Waals surface area contributed by atoms with E-state index in [2.05, 4.69) is 32.6 Å². The molecule has 0 unspecified atom stereocenters. The Hall–Kier alpha value is -1.83. The predicted octanol–water partition coefficient (Wildman–Crippen LogP) is 2.92. The number of amides is 1. The Morgan fingerprint density at radius 2 is 2.00 bits per heavy atom. The van der Waals surface area contributed by atoms with Crippen LogP contribution in [0.2, 0.25) is 0 Å². The van der Waals surface area contributed by atoms with Gasteiger partial charge in [-0.25, -0.2) is 14.6 Å². The Bertz CT molecular complexity index is 698. The first-order chi connectivity index (χ1) is 12.1. The smallest absolute Gasteiger partial charge is 0.223 e. The molecule has 0 atom stereocenters. The Labute approximate surface area is 153 Å². The summed E-state index contributed by atoms with van der Waals surface area (Å²) in [6.45, 7) is 8.19. The number of hydrogen-bond acceptors (Lipinski definition) is 6. The van der Waals surface area contributed by atoms with E-state index in [9.17, 15) is 4.79 Å². The van der Waals surface area contributed by atoms with Gasteiger partial charge in [0.1, 0.15) is 5.82 Å². The fraction of sp³-hybridized carbons (Fsp3) is 0.647. The molecule has 0 radical (unpaired) electrons. The van der Waals surface area contributed by atoms with Crippen molar-refractivity contribution >= 4 is 34.5 Å². The second-order valence-corrected chi connectivity index (χ2v) is 6.67. The minimum absolute atomic E-state index is 0.0876. The van der Waals surface area contributed by atoms with Gasteiger partial charge in [0.25, 0.3) is 0 Å². The van der Waals surface area contributed by atoms with Crippen LogP contribution in [0.3, 0.4) is 0 Å². The van der Waals surface area contributed by atoms with Crippen molar-refractivity contribution in [3.05, 3.63) is 6.20 Å². The van der Waals surface area contributed by atoms with Gasteiger partial charge in [0, 0.05) is 19.0 Å². The minimum atomic E-state index is 0.0876. The monoisotopic (exact) mass is 364 g/mol. The van der Waals surface area contributed by atoms with E-state index in [0.29, 0.717) is 18.2 Å². The lowest BCUT2D eigenvalue weighted by Gasteiger charge is -2.13. The van der Waals surface area contributed by atoms with Crippen LogP contribution in [-0.4, -0.2) is 45.0 Å². The van der Waals surface area contributed by atoms with Crippen LogP contribution in [0.1, 0.15) is 40.0 Å². The van der Waals surface area contributed by atoms with Crippen molar-refractivity contribution in [2.24, 2.45) is 5.92 Å². The molecular weight excluding hydrogens is 336 g/mol. The molecule has 0 aliphatic rings. The molecule has 0 fully saturated rings. The molecule has 2 aromatic rings. The number of hydrogen-bond donors (Lipinski definition) is 2. The lowest BCUT2D eigenvalue weighted by atomic mass is 10.0. The lowest BCUT2D eigenvalue weighted by Crippen LogP contribution is -2.32. The maximum absolute atomic E-state index is 12.1. The summed E-state index contributed by atoms with van der Waals surface area (Å²) in [5.74, 6) is 1.03. The maximum Gasteiger partial charge on any atom is 0.223 e. The largest absolute Gasteiger partial charge is 0.369 e. The highest BCUT2D eigenvalue weighted by Crippen LogP contribution is 2.23. The normalized spacial score (nSPS) is 11.2. The molecule has 0 spiro atoms. The minimum Gasteiger partial charge on any atom is -0.369 e. The fourth-order valence-electron chi connectivity index (χ4n) is 2.66. The quantitative estimate of drug-likeness (QED) is 0.498. The van der Waals surface area contributed by atoms with Crippen LogP contribution in [0.15, 0.2) is 11.4 Å². The Kier molecular flexibility index (Phi) is 7.49. The molecule has 8 heteroatoms. The van der Waals surface area contributed by atoms with E-state index in [1.807, 2.05) is 24.8 Å². The van der Waals surface area contributed by atoms with Crippen LogP contribution < -0.4 is 10.6 Å². The molecule has 138 valence electrons. The van der Waals surface area contributed by atoms with Crippen LogP contribution in [0.25, 0.3) is 11.0 Å². The molecule has 0 saturated carbocycles. The summed E-state index contributed by atoms with van der Waals surface area (Å²) in [5.41, 5.74) is 0.801. The number of aromatic nitrogens is 4. The molecule has 2 rings (SSSR count). The van der Waals surface area contributed by atoms with E-state index in [0.717, 1.165) is 42.7 Å². The summed E-state index contributed by atoms with van der Waals surface area (Å²) in [5, 5.41) is 12.4. The number of nitrogens with zero attached hydrogens (tertiary/aromatic N) is 4. The van der Waals surface area contributed by atoms with Crippen molar-refractivity contribution in [2.75, 3.05) is 24.7 Å². The summed E-state index contributed by atoms with van der Waals surface area (Å²) in [7, 11) is 0. The van der Waals surface area contributed by atoms with Crippen molar-refractivity contribution in [1.29, 1.82) is 0 Å². The van der Waals surface area contributed by atoms with Crippen molar-refractivity contribution < 1.29 is 4.79 Å². The highest BCUT2D eigenvalue weighted by atomic mass is 32.2. The van der Waals surface area contributed by atoms with E-state index >= 15 is 0 Å². The molecule has 0 saturated heterocycles. The first-order valence-electron chi connectivity index (χ1n) is 8.93. The molecule has 2 heterocycles. The topological polar surface area (TPSA) is 84.7 Å². The van der Waals surface area contributed by atoms with Crippen molar-refractivity contribution in [1.82, 2.24) is 25.1 Å². The molecular formula is C17H28N6OS. The molecule has 0 bridgehead atoms. The molecule has 1 amide bonds. The van der Waals surface area contributed by atoms with Gasteiger partial charge in [-0.15, -0.1) is 0 Å². The van der Waals surface area contributed by atoms with Gasteiger partial charge in [-0.2, -0.15) is 5.10 Å². The Morgan fingerprint density at radius 3 is 2.64 bits per heavy atom. The lowest BCUT2D eigenvalue weighted by molar-refractivity contribution is -0.125. The number of nitrogens with one attached hydrogen (secondary N) is 2. The fourth-order valence-corrected chi connectivity index (χ4v) is 3.02. The van der Waals surface area contributed by atoms with Crippen LogP contribution in [0, 0.1) is 5.92 Å². The summed E-state index contributed by atoms with van der Waals surface area (Å²) >= 11 is 1.51.